The standard InChI is InChI=1S/C26H27N3O3S/c1-32-21-10-8-20(9-11-21)27-12-14-28(15-13-27)25(30)17-23(24-7-4-16-33-24)29-18-19-5-2-3-6-22(19)26(29)31/h2-11,16,23H,12-15,17-18H2,1H3/t23-/m1/s1. The molecule has 0 unspecified atom stereocenters. The van der Waals surface area contributed by atoms with Crippen molar-refractivity contribution in [3.8, 4) is 5.75 Å². The van der Waals surface area contributed by atoms with Gasteiger partial charge in [0.25, 0.3) is 5.91 Å². The lowest BCUT2D eigenvalue weighted by Crippen LogP contribution is -2.49. The van der Waals surface area contributed by atoms with E-state index in [1.165, 1.54) is 0 Å². The third-order valence-corrected chi connectivity index (χ3v) is 7.51. The molecule has 0 radical (unpaired) electrons. The van der Waals surface area contributed by atoms with Crippen molar-refractivity contribution in [2.45, 2.75) is 19.0 Å². The van der Waals surface area contributed by atoms with Gasteiger partial charge >= 0.3 is 0 Å². The molecule has 0 N–H and O–H groups in total. The summed E-state index contributed by atoms with van der Waals surface area (Å²) in [6, 6.07) is 19.5. The first-order chi connectivity index (χ1) is 16.1. The van der Waals surface area contributed by atoms with Crippen LogP contribution in [-0.4, -0.2) is 54.9 Å². The first-order valence-electron chi connectivity index (χ1n) is 11.2. The summed E-state index contributed by atoms with van der Waals surface area (Å²) in [6.45, 7) is 3.48. The van der Waals surface area contributed by atoms with E-state index in [1.54, 1.807) is 18.4 Å². The largest absolute Gasteiger partial charge is 0.497 e. The quantitative estimate of drug-likeness (QED) is 0.552. The van der Waals surface area contributed by atoms with E-state index in [2.05, 4.69) is 17.0 Å². The fourth-order valence-corrected chi connectivity index (χ4v) is 5.51. The molecule has 5 rings (SSSR count). The Hall–Kier alpha value is -3.32. The predicted molar refractivity (Wildman–Crippen MR) is 130 cm³/mol. The topological polar surface area (TPSA) is 53.1 Å². The number of hydrogen-bond donors (Lipinski definition) is 0. The highest BCUT2D eigenvalue weighted by Gasteiger charge is 2.36. The van der Waals surface area contributed by atoms with E-state index in [0.717, 1.165) is 40.5 Å². The molecular weight excluding hydrogens is 434 g/mol. The van der Waals surface area contributed by atoms with E-state index in [4.69, 9.17) is 4.74 Å². The first kappa shape index (κ1) is 21.5. The van der Waals surface area contributed by atoms with E-state index < -0.39 is 0 Å². The third kappa shape index (κ3) is 4.33. The van der Waals surface area contributed by atoms with Gasteiger partial charge in [-0.25, -0.2) is 0 Å². The number of benzene rings is 2. The molecule has 2 amide bonds. The van der Waals surface area contributed by atoms with E-state index in [0.29, 0.717) is 26.1 Å². The van der Waals surface area contributed by atoms with Gasteiger partial charge in [-0.15, -0.1) is 11.3 Å². The van der Waals surface area contributed by atoms with E-state index >= 15 is 0 Å². The van der Waals surface area contributed by atoms with Crippen molar-refractivity contribution in [3.05, 3.63) is 82.0 Å². The van der Waals surface area contributed by atoms with Crippen LogP contribution < -0.4 is 9.64 Å². The van der Waals surface area contributed by atoms with E-state index in [-0.39, 0.29) is 17.9 Å². The van der Waals surface area contributed by atoms with E-state index in [1.807, 2.05) is 63.7 Å². The van der Waals surface area contributed by atoms with Crippen LogP contribution in [0.15, 0.2) is 66.0 Å². The number of hydrogen-bond acceptors (Lipinski definition) is 5. The number of amides is 2. The van der Waals surface area contributed by atoms with Gasteiger partial charge in [0, 0.05) is 48.9 Å². The highest BCUT2D eigenvalue weighted by molar-refractivity contribution is 7.10. The van der Waals surface area contributed by atoms with Crippen LogP contribution in [0.2, 0.25) is 0 Å². The molecule has 1 atom stereocenters. The first-order valence-corrected chi connectivity index (χ1v) is 12.1. The predicted octanol–water partition coefficient (Wildman–Crippen LogP) is 4.19. The average Bonchev–Trinajstić information content (AvgIpc) is 3.51. The molecule has 2 aliphatic rings. The molecule has 1 saturated heterocycles. The van der Waals surface area contributed by atoms with Crippen LogP contribution >= 0.6 is 11.3 Å². The Labute approximate surface area is 198 Å². The molecule has 1 aromatic heterocycles. The zero-order valence-electron chi connectivity index (χ0n) is 18.6. The molecule has 7 heteroatoms. The molecule has 170 valence electrons. The van der Waals surface area contributed by atoms with Crippen molar-refractivity contribution in [1.82, 2.24) is 9.80 Å². The van der Waals surface area contributed by atoms with Crippen molar-refractivity contribution in [2.75, 3.05) is 38.2 Å². The van der Waals surface area contributed by atoms with Crippen LogP contribution in [-0.2, 0) is 11.3 Å². The van der Waals surface area contributed by atoms with Crippen molar-refractivity contribution in [3.63, 3.8) is 0 Å². The zero-order valence-corrected chi connectivity index (χ0v) is 19.5. The number of fused-ring (bicyclic) bond motifs is 1. The second-order valence-electron chi connectivity index (χ2n) is 8.39. The molecule has 0 aliphatic carbocycles. The monoisotopic (exact) mass is 461 g/mol. The summed E-state index contributed by atoms with van der Waals surface area (Å²) in [7, 11) is 1.66. The second-order valence-corrected chi connectivity index (χ2v) is 9.37. The lowest BCUT2D eigenvalue weighted by molar-refractivity contribution is -0.132. The molecule has 0 spiro atoms. The molecule has 3 heterocycles. The SMILES string of the molecule is COc1ccc(N2CCN(C(=O)C[C@H](c3cccs3)N3Cc4ccccc4C3=O)CC2)cc1. The zero-order chi connectivity index (χ0) is 22.8. The minimum Gasteiger partial charge on any atom is -0.497 e. The van der Waals surface area contributed by atoms with Gasteiger partial charge < -0.3 is 19.4 Å². The molecule has 2 aliphatic heterocycles. The fraction of sp³-hybridized carbons (Fsp3) is 0.308. The Balaban J connectivity index is 1.26. The second kappa shape index (κ2) is 9.27. The highest BCUT2D eigenvalue weighted by atomic mass is 32.1. The smallest absolute Gasteiger partial charge is 0.255 e. The summed E-state index contributed by atoms with van der Waals surface area (Å²) >= 11 is 1.60. The third-order valence-electron chi connectivity index (χ3n) is 6.54. The van der Waals surface area contributed by atoms with Crippen LogP contribution in [0.5, 0.6) is 5.75 Å². The number of thiophene rings is 1. The highest BCUT2D eigenvalue weighted by Crippen LogP contribution is 2.36. The Morgan fingerprint density at radius 3 is 2.42 bits per heavy atom. The van der Waals surface area contributed by atoms with E-state index in [9.17, 15) is 9.59 Å². The Bertz CT molecular complexity index is 1120. The summed E-state index contributed by atoms with van der Waals surface area (Å²) < 4.78 is 5.24. The molecule has 33 heavy (non-hydrogen) atoms. The van der Waals surface area contributed by atoms with Crippen LogP contribution in [0.1, 0.15) is 33.3 Å². The molecule has 1 fully saturated rings. The van der Waals surface area contributed by atoms with Gasteiger partial charge in [-0.1, -0.05) is 24.3 Å². The minimum absolute atomic E-state index is 0.0149. The molecule has 0 saturated carbocycles. The molecule has 3 aromatic rings. The number of carbonyl (C=O) groups is 2. The number of rotatable bonds is 6. The fourth-order valence-electron chi connectivity index (χ4n) is 4.68. The maximum atomic E-state index is 13.3. The summed E-state index contributed by atoms with van der Waals surface area (Å²) in [5, 5.41) is 2.01. The van der Waals surface area contributed by atoms with Gasteiger partial charge in [-0.2, -0.15) is 0 Å². The molecule has 0 bridgehead atoms. The van der Waals surface area contributed by atoms with Crippen LogP contribution in [0.3, 0.4) is 0 Å². The van der Waals surface area contributed by atoms with Gasteiger partial charge in [0.1, 0.15) is 5.75 Å². The van der Waals surface area contributed by atoms with Crippen molar-refractivity contribution < 1.29 is 14.3 Å². The van der Waals surface area contributed by atoms with Crippen molar-refractivity contribution in [1.29, 1.82) is 0 Å². The summed E-state index contributed by atoms with van der Waals surface area (Å²) in [5.41, 5.74) is 2.92. The molecular formula is C26H27N3O3S. The normalized spacial score (nSPS) is 16.6. The van der Waals surface area contributed by atoms with Gasteiger partial charge in [-0.05, 0) is 47.3 Å². The van der Waals surface area contributed by atoms with Gasteiger partial charge in [0.05, 0.1) is 19.6 Å². The van der Waals surface area contributed by atoms with Crippen LogP contribution in [0, 0.1) is 0 Å². The maximum Gasteiger partial charge on any atom is 0.255 e. The number of nitrogens with zero attached hydrogens (tertiary/aromatic N) is 3. The van der Waals surface area contributed by atoms with Gasteiger partial charge in [0.15, 0.2) is 0 Å². The van der Waals surface area contributed by atoms with Crippen molar-refractivity contribution >= 4 is 28.8 Å². The summed E-state index contributed by atoms with van der Waals surface area (Å²) in [6.07, 6.45) is 0.308. The number of methoxy groups -OCH3 is 1. The summed E-state index contributed by atoms with van der Waals surface area (Å²) in [4.78, 5) is 33.6. The Morgan fingerprint density at radius 2 is 1.76 bits per heavy atom. The van der Waals surface area contributed by atoms with Crippen LogP contribution in [0.25, 0.3) is 0 Å². The lowest BCUT2D eigenvalue weighted by Gasteiger charge is -2.37. The maximum absolute atomic E-state index is 13.3. The Morgan fingerprint density at radius 1 is 1.00 bits per heavy atom. The van der Waals surface area contributed by atoms with Gasteiger partial charge in [-0.3, -0.25) is 9.59 Å². The Kier molecular flexibility index (Phi) is 6.05. The van der Waals surface area contributed by atoms with Gasteiger partial charge in [0.2, 0.25) is 5.91 Å². The number of ether oxygens (including phenoxy) is 1. The molecule has 6 nitrogen and oxygen atoms in total. The lowest BCUT2D eigenvalue weighted by atomic mass is 10.1. The molecule has 2 aromatic carbocycles. The minimum atomic E-state index is -0.239. The number of carbonyl (C=O) groups excluding carboxylic acids is 2. The van der Waals surface area contributed by atoms with Crippen LogP contribution in [0.4, 0.5) is 5.69 Å². The number of anilines is 1. The number of piperazine rings is 1. The van der Waals surface area contributed by atoms with Crippen molar-refractivity contribution in [2.24, 2.45) is 0 Å². The average molecular weight is 462 g/mol. The summed E-state index contributed by atoms with van der Waals surface area (Å²) in [5.74, 6) is 0.957.